The van der Waals surface area contributed by atoms with Gasteiger partial charge in [0.05, 0.1) is 0 Å². The Hall–Kier alpha value is -1.02. The van der Waals surface area contributed by atoms with Crippen LogP contribution in [0.2, 0.25) is 0 Å². The van der Waals surface area contributed by atoms with Gasteiger partial charge in [-0.15, -0.1) is 0 Å². The number of benzene rings is 1. The van der Waals surface area contributed by atoms with E-state index < -0.39 is 0 Å². The van der Waals surface area contributed by atoms with E-state index >= 15 is 0 Å². The van der Waals surface area contributed by atoms with E-state index in [1.54, 1.807) is 0 Å². The summed E-state index contributed by atoms with van der Waals surface area (Å²) in [5.41, 5.74) is 4.45. The molecule has 0 bridgehead atoms. The molecule has 2 heteroatoms. The van der Waals surface area contributed by atoms with Crippen LogP contribution in [0, 0.1) is 13.8 Å². The van der Waals surface area contributed by atoms with Crippen LogP contribution < -0.4 is 10.2 Å². The van der Waals surface area contributed by atoms with Crippen molar-refractivity contribution in [2.24, 2.45) is 0 Å². The maximum atomic E-state index is 3.78. The first kappa shape index (κ1) is 14.4. The lowest BCUT2D eigenvalue weighted by atomic mass is 9.92. The van der Waals surface area contributed by atoms with E-state index in [0.717, 1.165) is 19.6 Å². The molecule has 0 spiro atoms. The molecule has 1 saturated heterocycles. The van der Waals surface area contributed by atoms with Crippen molar-refractivity contribution in [1.82, 2.24) is 5.32 Å². The van der Waals surface area contributed by atoms with Gasteiger partial charge in [0.2, 0.25) is 0 Å². The second-order valence-corrected chi connectivity index (χ2v) is 5.96. The zero-order valence-electron chi connectivity index (χ0n) is 12.9. The van der Waals surface area contributed by atoms with Crippen molar-refractivity contribution in [2.75, 3.05) is 24.5 Å². The third-order valence-electron chi connectivity index (χ3n) is 4.81. The van der Waals surface area contributed by atoms with Gasteiger partial charge in [0.15, 0.2) is 0 Å². The van der Waals surface area contributed by atoms with Gasteiger partial charge in [-0.1, -0.05) is 19.9 Å². The predicted octanol–water partition coefficient (Wildman–Crippen LogP) is 3.66. The van der Waals surface area contributed by atoms with Gasteiger partial charge in [-0.3, -0.25) is 0 Å². The highest BCUT2D eigenvalue weighted by molar-refractivity contribution is 5.51. The Bertz CT molecular complexity index is 421. The Morgan fingerprint density at radius 1 is 1.16 bits per heavy atom. The normalized spacial score (nSPS) is 19.3. The number of nitrogens with zero attached hydrogens (tertiary/aromatic N) is 1. The van der Waals surface area contributed by atoms with Crippen molar-refractivity contribution < 1.29 is 0 Å². The molecule has 1 N–H and O–H groups in total. The van der Waals surface area contributed by atoms with Crippen LogP contribution in [0.3, 0.4) is 0 Å². The average molecular weight is 260 g/mol. The standard InChI is InChI=1S/C17H28N2/c1-5-17(6-2)13-19(11-7-10-18-17)16-9-8-14(3)15(4)12-16/h8-9,12,18H,5-7,10-11,13H2,1-4H3. The van der Waals surface area contributed by atoms with Gasteiger partial charge in [-0.25, -0.2) is 0 Å². The molecule has 106 valence electrons. The fourth-order valence-electron chi connectivity index (χ4n) is 2.99. The molecule has 0 atom stereocenters. The van der Waals surface area contributed by atoms with Crippen molar-refractivity contribution in [1.29, 1.82) is 0 Å². The van der Waals surface area contributed by atoms with Crippen LogP contribution in [-0.2, 0) is 0 Å². The fourth-order valence-corrected chi connectivity index (χ4v) is 2.99. The van der Waals surface area contributed by atoms with Crippen molar-refractivity contribution in [3.8, 4) is 0 Å². The molecule has 0 saturated carbocycles. The third-order valence-corrected chi connectivity index (χ3v) is 4.81. The molecule has 1 aliphatic heterocycles. The Kier molecular flexibility index (Phi) is 4.51. The highest BCUT2D eigenvalue weighted by Crippen LogP contribution is 2.25. The van der Waals surface area contributed by atoms with Crippen molar-refractivity contribution in [3.63, 3.8) is 0 Å². The quantitative estimate of drug-likeness (QED) is 0.892. The van der Waals surface area contributed by atoms with Crippen molar-refractivity contribution in [3.05, 3.63) is 29.3 Å². The molecule has 2 nitrogen and oxygen atoms in total. The lowest BCUT2D eigenvalue weighted by Crippen LogP contribution is -2.50. The Labute approximate surface area is 118 Å². The summed E-state index contributed by atoms with van der Waals surface area (Å²) in [7, 11) is 0. The summed E-state index contributed by atoms with van der Waals surface area (Å²) in [6.45, 7) is 12.4. The average Bonchev–Trinajstić information content (AvgIpc) is 2.65. The van der Waals surface area contributed by atoms with Gasteiger partial charge >= 0.3 is 0 Å². The summed E-state index contributed by atoms with van der Waals surface area (Å²) in [6.07, 6.45) is 3.63. The highest BCUT2D eigenvalue weighted by Gasteiger charge is 2.30. The van der Waals surface area contributed by atoms with E-state index in [9.17, 15) is 0 Å². The van der Waals surface area contributed by atoms with Gasteiger partial charge < -0.3 is 10.2 Å². The zero-order chi connectivity index (χ0) is 13.9. The van der Waals surface area contributed by atoms with E-state index in [0.29, 0.717) is 0 Å². The molecule has 1 aliphatic rings. The highest BCUT2D eigenvalue weighted by atomic mass is 15.2. The number of anilines is 1. The van der Waals surface area contributed by atoms with E-state index in [2.05, 4.69) is 56.1 Å². The molecule has 0 aliphatic carbocycles. The lowest BCUT2D eigenvalue weighted by Gasteiger charge is -2.36. The predicted molar refractivity (Wildman–Crippen MR) is 84.1 cm³/mol. The molecule has 0 amide bonds. The number of hydrogen-bond donors (Lipinski definition) is 1. The van der Waals surface area contributed by atoms with Crippen LogP contribution in [0.1, 0.15) is 44.2 Å². The first-order chi connectivity index (χ1) is 9.10. The molecule has 0 radical (unpaired) electrons. The molecule has 1 fully saturated rings. The molecular formula is C17H28N2. The summed E-state index contributed by atoms with van der Waals surface area (Å²) in [5.74, 6) is 0. The molecule has 1 heterocycles. The minimum atomic E-state index is 0.287. The largest absolute Gasteiger partial charge is 0.370 e. The summed E-state index contributed by atoms with van der Waals surface area (Å²) >= 11 is 0. The topological polar surface area (TPSA) is 15.3 Å². The second kappa shape index (κ2) is 5.96. The summed E-state index contributed by atoms with van der Waals surface area (Å²) in [4.78, 5) is 2.57. The van der Waals surface area contributed by atoms with Gasteiger partial charge in [0.1, 0.15) is 0 Å². The molecule has 2 rings (SSSR count). The zero-order valence-corrected chi connectivity index (χ0v) is 12.9. The van der Waals surface area contributed by atoms with E-state index in [1.165, 1.54) is 36.1 Å². The monoisotopic (exact) mass is 260 g/mol. The molecule has 0 unspecified atom stereocenters. The Morgan fingerprint density at radius 2 is 1.89 bits per heavy atom. The molecule has 19 heavy (non-hydrogen) atoms. The first-order valence-electron chi connectivity index (χ1n) is 7.67. The van der Waals surface area contributed by atoms with Crippen LogP contribution in [0.15, 0.2) is 18.2 Å². The van der Waals surface area contributed by atoms with Gasteiger partial charge in [0, 0.05) is 24.3 Å². The van der Waals surface area contributed by atoms with Gasteiger partial charge in [0.25, 0.3) is 0 Å². The SMILES string of the molecule is CCC1(CC)CN(c2ccc(C)c(C)c2)CCCN1. The van der Waals surface area contributed by atoms with E-state index in [4.69, 9.17) is 0 Å². The minimum absolute atomic E-state index is 0.287. The molecular weight excluding hydrogens is 232 g/mol. The maximum absolute atomic E-state index is 3.78. The number of hydrogen-bond acceptors (Lipinski definition) is 2. The third kappa shape index (κ3) is 3.11. The summed E-state index contributed by atoms with van der Waals surface area (Å²) in [5, 5.41) is 3.78. The smallest absolute Gasteiger partial charge is 0.0369 e. The minimum Gasteiger partial charge on any atom is -0.370 e. The molecule has 1 aromatic carbocycles. The molecule has 0 aromatic heterocycles. The number of aryl methyl sites for hydroxylation is 2. The lowest BCUT2D eigenvalue weighted by molar-refractivity contribution is 0.321. The van der Waals surface area contributed by atoms with Crippen LogP contribution in [0.4, 0.5) is 5.69 Å². The van der Waals surface area contributed by atoms with Crippen LogP contribution >= 0.6 is 0 Å². The van der Waals surface area contributed by atoms with Gasteiger partial charge in [-0.05, 0) is 62.9 Å². The fraction of sp³-hybridized carbons (Fsp3) is 0.647. The van der Waals surface area contributed by atoms with E-state index in [1.807, 2.05) is 0 Å². The van der Waals surface area contributed by atoms with E-state index in [-0.39, 0.29) is 5.54 Å². The van der Waals surface area contributed by atoms with Crippen LogP contribution in [-0.4, -0.2) is 25.2 Å². The maximum Gasteiger partial charge on any atom is 0.0369 e. The Balaban J connectivity index is 2.24. The summed E-state index contributed by atoms with van der Waals surface area (Å²) in [6, 6.07) is 6.88. The number of nitrogens with one attached hydrogen (secondary N) is 1. The van der Waals surface area contributed by atoms with Crippen molar-refractivity contribution >= 4 is 5.69 Å². The van der Waals surface area contributed by atoms with Crippen LogP contribution in [0.5, 0.6) is 0 Å². The summed E-state index contributed by atoms with van der Waals surface area (Å²) < 4.78 is 0. The van der Waals surface area contributed by atoms with Crippen molar-refractivity contribution in [2.45, 2.75) is 52.5 Å². The molecule has 1 aromatic rings. The first-order valence-corrected chi connectivity index (χ1v) is 7.67. The second-order valence-electron chi connectivity index (χ2n) is 5.96. The Morgan fingerprint density at radius 3 is 2.53 bits per heavy atom. The van der Waals surface area contributed by atoms with Gasteiger partial charge in [-0.2, -0.15) is 0 Å². The number of rotatable bonds is 3. The van der Waals surface area contributed by atoms with Crippen LogP contribution in [0.25, 0.3) is 0 Å².